The molecule has 3 aliphatic rings. The highest BCUT2D eigenvalue weighted by molar-refractivity contribution is 5.86. The van der Waals surface area contributed by atoms with Gasteiger partial charge in [-0.15, -0.1) is 0 Å². The molecular weight excluding hydrogens is 408 g/mol. The van der Waals surface area contributed by atoms with Crippen LogP contribution in [0.25, 0.3) is 0 Å². The number of amides is 2. The summed E-state index contributed by atoms with van der Waals surface area (Å²) in [4.78, 5) is 34.3. The van der Waals surface area contributed by atoms with Gasteiger partial charge in [0.1, 0.15) is 5.82 Å². The van der Waals surface area contributed by atoms with E-state index in [-0.39, 0.29) is 23.5 Å². The number of nitrogens with one attached hydrogen (secondary N) is 1. The fourth-order valence-corrected chi connectivity index (χ4v) is 5.57. The van der Waals surface area contributed by atoms with Gasteiger partial charge in [0, 0.05) is 25.7 Å². The molecule has 1 aromatic heterocycles. The molecule has 0 bridgehead atoms. The Hall–Kier alpha value is -2.35. The summed E-state index contributed by atoms with van der Waals surface area (Å²) in [6.45, 7) is 6.72. The van der Waals surface area contributed by atoms with Crippen molar-refractivity contribution in [3.05, 3.63) is 17.8 Å². The van der Waals surface area contributed by atoms with E-state index in [1.165, 1.54) is 0 Å². The third-order valence-corrected chi connectivity index (χ3v) is 7.26. The van der Waals surface area contributed by atoms with Crippen LogP contribution in [0.4, 0.5) is 16.3 Å². The predicted octanol–water partition coefficient (Wildman–Crippen LogP) is 3.47. The van der Waals surface area contributed by atoms with E-state index in [1.54, 1.807) is 6.20 Å². The van der Waals surface area contributed by atoms with Crippen LogP contribution in [-0.2, 0) is 9.53 Å². The topological polar surface area (TPSA) is 95.0 Å². The molecule has 4 rings (SSSR count). The van der Waals surface area contributed by atoms with Gasteiger partial charge in [0.15, 0.2) is 0 Å². The highest BCUT2D eigenvalue weighted by atomic mass is 16.5. The summed E-state index contributed by atoms with van der Waals surface area (Å²) in [5, 5.41) is 12.6. The first-order valence-corrected chi connectivity index (χ1v) is 12.1. The Morgan fingerprint density at radius 2 is 2.06 bits per heavy atom. The second-order valence-corrected chi connectivity index (χ2v) is 9.64. The molecule has 3 fully saturated rings. The molecule has 2 N–H and O–H groups in total. The number of aliphatic hydroxyl groups is 1. The first-order valence-electron chi connectivity index (χ1n) is 12.1. The van der Waals surface area contributed by atoms with Crippen molar-refractivity contribution in [3.63, 3.8) is 0 Å². The molecular formula is C24H36N4O4. The van der Waals surface area contributed by atoms with Gasteiger partial charge in [-0.3, -0.25) is 10.1 Å². The van der Waals surface area contributed by atoms with E-state index in [0.29, 0.717) is 18.8 Å². The van der Waals surface area contributed by atoms with Crippen molar-refractivity contribution in [1.82, 2.24) is 9.88 Å². The first kappa shape index (κ1) is 22.8. The van der Waals surface area contributed by atoms with E-state index in [9.17, 15) is 14.7 Å². The number of carbonyl (C=O) groups excluding carboxylic acids is 2. The largest absolute Gasteiger partial charge is 0.449 e. The predicted molar refractivity (Wildman–Crippen MR) is 123 cm³/mol. The third-order valence-electron chi connectivity index (χ3n) is 7.26. The zero-order valence-corrected chi connectivity index (χ0v) is 19.3. The number of pyridine rings is 1. The maximum atomic E-state index is 13.5. The molecule has 2 aliphatic heterocycles. The molecule has 8 heteroatoms. The van der Waals surface area contributed by atoms with Crippen LogP contribution in [-0.4, -0.2) is 65.4 Å². The van der Waals surface area contributed by atoms with Crippen molar-refractivity contribution in [2.45, 2.75) is 77.4 Å². The van der Waals surface area contributed by atoms with Gasteiger partial charge in [0.2, 0.25) is 5.91 Å². The fraction of sp³-hybridized carbons (Fsp3) is 0.708. The van der Waals surface area contributed by atoms with Gasteiger partial charge >= 0.3 is 6.09 Å². The number of nitrogens with zero attached hydrogens (tertiary/aromatic N) is 3. The lowest BCUT2D eigenvalue weighted by Crippen LogP contribution is -2.50. The Morgan fingerprint density at radius 1 is 1.28 bits per heavy atom. The number of hydrogen-bond donors (Lipinski definition) is 2. The number of piperidine rings is 1. The number of hydrogen-bond acceptors (Lipinski definition) is 6. The van der Waals surface area contributed by atoms with Crippen LogP contribution >= 0.6 is 0 Å². The van der Waals surface area contributed by atoms with Crippen LogP contribution in [0.15, 0.2) is 12.3 Å². The van der Waals surface area contributed by atoms with E-state index >= 15 is 0 Å². The van der Waals surface area contributed by atoms with Gasteiger partial charge in [-0.25, -0.2) is 9.78 Å². The molecule has 1 atom stereocenters. The van der Waals surface area contributed by atoms with Gasteiger partial charge in [-0.05, 0) is 69.9 Å². The molecule has 1 saturated carbocycles. The summed E-state index contributed by atoms with van der Waals surface area (Å²) in [6.07, 6.45) is 7.95. The minimum atomic E-state index is -0.468. The summed E-state index contributed by atoms with van der Waals surface area (Å²) in [7, 11) is 0. The first-order chi connectivity index (χ1) is 15.4. The molecule has 0 unspecified atom stereocenters. The molecule has 0 radical (unpaired) electrons. The normalized spacial score (nSPS) is 28.3. The Morgan fingerprint density at radius 3 is 2.78 bits per heavy atom. The average Bonchev–Trinajstić information content (AvgIpc) is 3.08. The van der Waals surface area contributed by atoms with Crippen LogP contribution < -0.4 is 10.2 Å². The number of aliphatic hydroxyl groups excluding tert-OH is 1. The van der Waals surface area contributed by atoms with Gasteiger partial charge in [-0.2, -0.15) is 0 Å². The SMILES string of the molecule is CCCOC(=O)Nc1cnc(N2CCC[C@]3(CCN(C4CCC(O)CC4)C3=O)C2)c(C)c1. The standard InChI is InChI=1S/C24H36N4O4/c1-3-13-32-23(31)26-18-14-17(2)21(25-15-18)27-11-4-9-24(16-27)10-12-28(22(24)30)19-5-7-20(29)8-6-19/h14-15,19-20,29H,3-13,16H2,1-2H3,(H,26,31)/t19?,20?,24-/m0/s1. The highest BCUT2D eigenvalue weighted by Crippen LogP contribution is 2.43. The third kappa shape index (κ3) is 4.70. The Kier molecular flexibility index (Phi) is 6.88. The second-order valence-electron chi connectivity index (χ2n) is 9.64. The van der Waals surface area contributed by atoms with Crippen LogP contribution in [0.2, 0.25) is 0 Å². The minimum absolute atomic E-state index is 0.205. The van der Waals surface area contributed by atoms with E-state index < -0.39 is 6.09 Å². The zero-order chi connectivity index (χ0) is 22.7. The monoisotopic (exact) mass is 444 g/mol. The average molecular weight is 445 g/mol. The van der Waals surface area contributed by atoms with Crippen LogP contribution in [0.5, 0.6) is 0 Å². The van der Waals surface area contributed by atoms with Gasteiger partial charge in [-0.1, -0.05) is 6.92 Å². The van der Waals surface area contributed by atoms with E-state index in [0.717, 1.165) is 75.8 Å². The number of carbonyl (C=O) groups is 2. The molecule has 176 valence electrons. The van der Waals surface area contributed by atoms with Crippen molar-refractivity contribution >= 4 is 23.5 Å². The zero-order valence-electron chi connectivity index (χ0n) is 19.3. The van der Waals surface area contributed by atoms with E-state index in [4.69, 9.17) is 4.74 Å². The molecule has 3 heterocycles. The second kappa shape index (κ2) is 9.65. The molecule has 0 aromatic carbocycles. The van der Waals surface area contributed by atoms with Crippen molar-refractivity contribution in [3.8, 4) is 0 Å². The Bertz CT molecular complexity index is 839. The van der Waals surface area contributed by atoms with Gasteiger partial charge in [0.25, 0.3) is 0 Å². The lowest BCUT2D eigenvalue weighted by molar-refractivity contribution is -0.139. The van der Waals surface area contributed by atoms with Crippen LogP contribution in [0.3, 0.4) is 0 Å². The summed E-state index contributed by atoms with van der Waals surface area (Å²) >= 11 is 0. The number of anilines is 2. The highest BCUT2D eigenvalue weighted by Gasteiger charge is 2.50. The number of aryl methyl sites for hydroxylation is 1. The molecule has 32 heavy (non-hydrogen) atoms. The van der Waals surface area contributed by atoms with Crippen molar-refractivity contribution in [1.29, 1.82) is 0 Å². The molecule has 2 saturated heterocycles. The summed E-state index contributed by atoms with van der Waals surface area (Å²) in [5.74, 6) is 1.17. The van der Waals surface area contributed by atoms with E-state index in [2.05, 4.69) is 20.1 Å². The molecule has 2 amide bonds. The quantitative estimate of drug-likeness (QED) is 0.722. The number of rotatable bonds is 5. The summed E-state index contributed by atoms with van der Waals surface area (Å²) < 4.78 is 5.08. The Labute approximate surface area is 190 Å². The lowest BCUT2D eigenvalue weighted by atomic mass is 9.78. The van der Waals surface area contributed by atoms with Crippen LogP contribution in [0, 0.1) is 12.3 Å². The Balaban J connectivity index is 1.42. The molecule has 1 spiro atoms. The number of likely N-dealkylation sites (tertiary alicyclic amines) is 1. The number of ether oxygens (including phenoxy) is 1. The van der Waals surface area contributed by atoms with Gasteiger partial charge < -0.3 is 19.6 Å². The molecule has 1 aliphatic carbocycles. The lowest BCUT2D eigenvalue weighted by Gasteiger charge is -2.41. The summed E-state index contributed by atoms with van der Waals surface area (Å²) in [6, 6.07) is 2.19. The van der Waals surface area contributed by atoms with Crippen LogP contribution in [0.1, 0.15) is 63.9 Å². The maximum Gasteiger partial charge on any atom is 0.411 e. The van der Waals surface area contributed by atoms with E-state index in [1.807, 2.05) is 19.9 Å². The number of aromatic nitrogens is 1. The summed E-state index contributed by atoms with van der Waals surface area (Å²) in [5.41, 5.74) is 1.25. The van der Waals surface area contributed by atoms with Gasteiger partial charge in [0.05, 0.1) is 30.0 Å². The fourth-order valence-electron chi connectivity index (χ4n) is 5.57. The van der Waals surface area contributed by atoms with Crippen molar-refractivity contribution in [2.24, 2.45) is 5.41 Å². The smallest absolute Gasteiger partial charge is 0.411 e. The van der Waals surface area contributed by atoms with Crippen molar-refractivity contribution < 1.29 is 19.4 Å². The molecule has 8 nitrogen and oxygen atoms in total. The van der Waals surface area contributed by atoms with Crippen molar-refractivity contribution in [2.75, 3.05) is 36.5 Å². The minimum Gasteiger partial charge on any atom is -0.449 e. The maximum absolute atomic E-state index is 13.5. The molecule has 1 aromatic rings.